The van der Waals surface area contributed by atoms with Crippen LogP contribution in [0.1, 0.15) is 54.8 Å². The molecule has 0 amide bonds. The molecule has 1 fully saturated rings. The molecular formula is C12H18N2O2S. The van der Waals surface area contributed by atoms with Gasteiger partial charge in [-0.05, 0) is 19.9 Å². The van der Waals surface area contributed by atoms with E-state index in [2.05, 4.69) is 10.3 Å². The van der Waals surface area contributed by atoms with E-state index in [0.717, 1.165) is 5.01 Å². The van der Waals surface area contributed by atoms with Gasteiger partial charge in [-0.1, -0.05) is 19.3 Å². The Morgan fingerprint density at radius 2 is 2.24 bits per heavy atom. The number of hydrogen-bond donors (Lipinski definition) is 2. The Hall–Kier alpha value is -0.940. The molecule has 0 spiro atoms. The molecule has 17 heavy (non-hydrogen) atoms. The number of carboxylic acids is 1. The van der Waals surface area contributed by atoms with Gasteiger partial charge < -0.3 is 10.4 Å². The smallest absolute Gasteiger partial charge is 0.327 e. The van der Waals surface area contributed by atoms with Gasteiger partial charge in [-0.25, -0.2) is 4.98 Å². The highest BCUT2D eigenvalue weighted by atomic mass is 32.1. The maximum absolute atomic E-state index is 11.0. The van der Waals surface area contributed by atoms with E-state index in [1.165, 1.54) is 32.1 Å². The molecule has 1 aromatic rings. The summed E-state index contributed by atoms with van der Waals surface area (Å²) in [5, 5.41) is 14.8. The summed E-state index contributed by atoms with van der Waals surface area (Å²) in [7, 11) is 1.65. The fourth-order valence-electron chi connectivity index (χ4n) is 2.37. The average Bonchev–Trinajstić information content (AvgIpc) is 2.80. The maximum atomic E-state index is 11.0. The summed E-state index contributed by atoms with van der Waals surface area (Å²) < 4.78 is 0. The third-order valence-corrected chi connectivity index (χ3v) is 4.35. The van der Waals surface area contributed by atoms with Crippen LogP contribution in [-0.2, 0) is 4.79 Å². The third kappa shape index (κ3) is 2.84. The van der Waals surface area contributed by atoms with Gasteiger partial charge >= 0.3 is 5.97 Å². The van der Waals surface area contributed by atoms with Crippen LogP contribution in [-0.4, -0.2) is 23.1 Å². The molecule has 1 aromatic heterocycles. The minimum absolute atomic E-state index is 0.550. The second-order valence-electron chi connectivity index (χ2n) is 4.51. The van der Waals surface area contributed by atoms with Crippen LogP contribution in [0.25, 0.3) is 0 Å². The number of aliphatic carboxylic acids is 1. The van der Waals surface area contributed by atoms with Gasteiger partial charge in [-0.2, -0.15) is 0 Å². The first-order valence-corrected chi connectivity index (χ1v) is 6.95. The Bertz CT molecular complexity index is 386. The van der Waals surface area contributed by atoms with E-state index < -0.39 is 12.0 Å². The lowest BCUT2D eigenvalue weighted by Crippen LogP contribution is -2.25. The lowest BCUT2D eigenvalue weighted by atomic mass is 9.90. The first-order chi connectivity index (χ1) is 8.22. The molecule has 2 rings (SSSR count). The normalized spacial score (nSPS) is 19.1. The lowest BCUT2D eigenvalue weighted by Gasteiger charge is -2.19. The molecule has 2 N–H and O–H groups in total. The molecule has 1 saturated carbocycles. The Kier molecular flexibility index (Phi) is 4.12. The van der Waals surface area contributed by atoms with Crippen molar-refractivity contribution in [1.29, 1.82) is 0 Å². The van der Waals surface area contributed by atoms with Crippen LogP contribution in [0.3, 0.4) is 0 Å². The highest BCUT2D eigenvalue weighted by Gasteiger charge is 2.24. The minimum Gasteiger partial charge on any atom is -0.480 e. The highest BCUT2D eigenvalue weighted by Crippen LogP contribution is 2.34. The maximum Gasteiger partial charge on any atom is 0.327 e. The summed E-state index contributed by atoms with van der Waals surface area (Å²) in [6.07, 6.45) is 6.26. The molecule has 1 aliphatic rings. The molecule has 0 aliphatic heterocycles. The van der Waals surface area contributed by atoms with Crippen molar-refractivity contribution in [3.63, 3.8) is 0 Å². The summed E-state index contributed by atoms with van der Waals surface area (Å²) >= 11 is 1.60. The van der Waals surface area contributed by atoms with Crippen molar-refractivity contribution in [2.75, 3.05) is 7.05 Å². The van der Waals surface area contributed by atoms with Crippen LogP contribution in [0.2, 0.25) is 0 Å². The first-order valence-electron chi connectivity index (χ1n) is 6.07. The molecule has 0 aromatic carbocycles. The number of carbonyl (C=O) groups is 1. The number of thiazole rings is 1. The Morgan fingerprint density at radius 3 is 2.82 bits per heavy atom. The van der Waals surface area contributed by atoms with Gasteiger partial charge in [0.15, 0.2) is 0 Å². The highest BCUT2D eigenvalue weighted by molar-refractivity contribution is 7.09. The number of hydrogen-bond acceptors (Lipinski definition) is 4. The van der Waals surface area contributed by atoms with E-state index in [9.17, 15) is 4.79 Å². The standard InChI is InChI=1S/C12H18N2O2S/c1-13-10(12(15)16)9-7-17-11(14-9)8-5-3-2-4-6-8/h7-8,10,13H,2-6H2,1H3,(H,15,16). The van der Waals surface area contributed by atoms with Crippen molar-refractivity contribution in [1.82, 2.24) is 10.3 Å². The molecule has 4 nitrogen and oxygen atoms in total. The second-order valence-corrected chi connectivity index (χ2v) is 5.40. The molecule has 0 radical (unpaired) electrons. The Labute approximate surface area is 105 Å². The summed E-state index contributed by atoms with van der Waals surface area (Å²) in [4.78, 5) is 15.5. The molecule has 1 heterocycles. The zero-order valence-electron chi connectivity index (χ0n) is 9.98. The van der Waals surface area contributed by atoms with Gasteiger partial charge in [-0.3, -0.25) is 4.79 Å². The van der Waals surface area contributed by atoms with E-state index >= 15 is 0 Å². The first kappa shape index (κ1) is 12.5. The molecule has 1 unspecified atom stereocenters. The van der Waals surface area contributed by atoms with Crippen LogP contribution in [0.5, 0.6) is 0 Å². The van der Waals surface area contributed by atoms with Gasteiger partial charge in [0.1, 0.15) is 6.04 Å². The topological polar surface area (TPSA) is 62.2 Å². The fraction of sp³-hybridized carbons (Fsp3) is 0.667. The lowest BCUT2D eigenvalue weighted by molar-refractivity contribution is -0.139. The van der Waals surface area contributed by atoms with Crippen molar-refractivity contribution < 1.29 is 9.90 Å². The number of rotatable bonds is 4. The zero-order valence-corrected chi connectivity index (χ0v) is 10.8. The predicted molar refractivity (Wildman–Crippen MR) is 67.4 cm³/mol. The minimum atomic E-state index is -0.868. The molecule has 0 saturated heterocycles. The van der Waals surface area contributed by atoms with Crippen molar-refractivity contribution in [3.8, 4) is 0 Å². The van der Waals surface area contributed by atoms with Gasteiger partial charge in [0.05, 0.1) is 10.7 Å². The zero-order chi connectivity index (χ0) is 12.3. The summed E-state index contributed by atoms with van der Waals surface area (Å²) in [6.45, 7) is 0. The number of carboxylic acid groups (broad SMARTS) is 1. The van der Waals surface area contributed by atoms with E-state index in [-0.39, 0.29) is 0 Å². The average molecular weight is 254 g/mol. The van der Waals surface area contributed by atoms with Gasteiger partial charge in [-0.15, -0.1) is 11.3 Å². The molecule has 1 atom stereocenters. The number of nitrogens with zero attached hydrogens (tertiary/aromatic N) is 1. The fourth-order valence-corrected chi connectivity index (χ4v) is 3.38. The number of nitrogens with one attached hydrogen (secondary N) is 1. The molecule has 1 aliphatic carbocycles. The third-order valence-electron chi connectivity index (χ3n) is 3.33. The van der Waals surface area contributed by atoms with Gasteiger partial charge in [0.25, 0.3) is 0 Å². The molecule has 94 valence electrons. The SMILES string of the molecule is CNC(C(=O)O)c1csc(C2CCCCC2)n1. The van der Waals surface area contributed by atoms with Crippen LogP contribution in [0.4, 0.5) is 0 Å². The number of likely N-dealkylation sites (N-methyl/N-ethyl adjacent to an activating group) is 1. The molecular weight excluding hydrogens is 236 g/mol. The Balaban J connectivity index is 2.11. The number of aromatic nitrogens is 1. The van der Waals surface area contributed by atoms with Crippen molar-refractivity contribution in [2.45, 2.75) is 44.1 Å². The van der Waals surface area contributed by atoms with Crippen LogP contribution < -0.4 is 5.32 Å². The van der Waals surface area contributed by atoms with Gasteiger partial charge in [0.2, 0.25) is 0 Å². The van der Waals surface area contributed by atoms with Crippen LogP contribution >= 0.6 is 11.3 Å². The predicted octanol–water partition coefficient (Wildman–Crippen LogP) is 2.54. The van der Waals surface area contributed by atoms with E-state index in [1.807, 2.05) is 5.38 Å². The molecule has 0 bridgehead atoms. The molecule has 5 heteroatoms. The second kappa shape index (κ2) is 5.60. The van der Waals surface area contributed by atoms with Gasteiger partial charge in [0, 0.05) is 11.3 Å². The van der Waals surface area contributed by atoms with Crippen LogP contribution in [0, 0.1) is 0 Å². The van der Waals surface area contributed by atoms with E-state index in [0.29, 0.717) is 11.6 Å². The Morgan fingerprint density at radius 1 is 1.53 bits per heavy atom. The van der Waals surface area contributed by atoms with E-state index in [4.69, 9.17) is 5.11 Å². The summed E-state index contributed by atoms with van der Waals surface area (Å²) in [5.74, 6) is -0.318. The van der Waals surface area contributed by atoms with Crippen molar-refractivity contribution in [3.05, 3.63) is 16.1 Å². The van der Waals surface area contributed by atoms with Crippen LogP contribution in [0.15, 0.2) is 5.38 Å². The van der Waals surface area contributed by atoms with Crippen molar-refractivity contribution in [2.24, 2.45) is 0 Å². The summed E-state index contributed by atoms with van der Waals surface area (Å²) in [6, 6.07) is -0.677. The van der Waals surface area contributed by atoms with E-state index in [1.54, 1.807) is 18.4 Å². The largest absolute Gasteiger partial charge is 0.480 e. The quantitative estimate of drug-likeness (QED) is 0.866. The monoisotopic (exact) mass is 254 g/mol. The summed E-state index contributed by atoms with van der Waals surface area (Å²) in [5.41, 5.74) is 0.644. The van der Waals surface area contributed by atoms with Crippen molar-refractivity contribution >= 4 is 17.3 Å².